The fourth-order valence-corrected chi connectivity index (χ4v) is 2.62. The lowest BCUT2D eigenvalue weighted by molar-refractivity contribution is 0.370. The minimum Gasteiger partial charge on any atom is -0.493 e. The number of ether oxygens (including phenoxy) is 2. The van der Waals surface area contributed by atoms with Crippen LogP contribution in [0.15, 0.2) is 34.8 Å². The van der Waals surface area contributed by atoms with E-state index in [1.54, 1.807) is 12.1 Å². The summed E-state index contributed by atoms with van der Waals surface area (Å²) >= 11 is 7.99. The van der Waals surface area contributed by atoms with Crippen LogP contribution < -0.4 is 15.2 Å². The fraction of sp³-hybridized carbons (Fsp3) is 0.133. The van der Waals surface area contributed by atoms with Crippen molar-refractivity contribution < 1.29 is 13.9 Å². The molecule has 0 heterocycles. The topological polar surface area (TPSA) is 44.5 Å². The Morgan fingerprint density at radius 1 is 1.19 bits per heavy atom. The molecule has 0 aliphatic rings. The number of methoxy groups -OCH3 is 1. The second-order valence-electron chi connectivity index (χ2n) is 4.36. The van der Waals surface area contributed by atoms with Crippen molar-refractivity contribution in [1.29, 1.82) is 0 Å². The standard InChI is InChI=1S/C15H13BrFNO2S/c1-8-3-5-10(12(7-8)19-2)20-11-6-4-9(15(18)21)13(16)14(11)17/h3-7H,1-2H3,(H2,18,21). The molecule has 0 unspecified atom stereocenters. The maximum absolute atomic E-state index is 14.3. The average molecular weight is 370 g/mol. The van der Waals surface area contributed by atoms with Crippen molar-refractivity contribution in [2.24, 2.45) is 5.73 Å². The van der Waals surface area contributed by atoms with E-state index < -0.39 is 5.82 Å². The molecule has 0 aromatic heterocycles. The molecule has 2 aromatic rings. The number of halogens is 2. The fourth-order valence-electron chi connectivity index (χ4n) is 1.78. The lowest BCUT2D eigenvalue weighted by Gasteiger charge is -2.13. The number of nitrogens with two attached hydrogens (primary N) is 1. The number of benzene rings is 2. The van der Waals surface area contributed by atoms with Crippen LogP contribution in [0.2, 0.25) is 0 Å². The SMILES string of the molecule is COc1cc(C)ccc1Oc1ccc(C(N)=S)c(Br)c1F. The molecule has 0 atom stereocenters. The molecular weight excluding hydrogens is 357 g/mol. The molecule has 0 fully saturated rings. The molecule has 0 aliphatic heterocycles. The van der Waals surface area contributed by atoms with Gasteiger partial charge >= 0.3 is 0 Å². The second-order valence-corrected chi connectivity index (χ2v) is 5.59. The summed E-state index contributed by atoms with van der Waals surface area (Å²) in [5.74, 6) is 0.452. The van der Waals surface area contributed by atoms with E-state index in [-0.39, 0.29) is 15.2 Å². The van der Waals surface area contributed by atoms with Gasteiger partial charge in [0, 0.05) is 5.56 Å². The van der Waals surface area contributed by atoms with Crippen LogP contribution in [-0.2, 0) is 0 Å². The zero-order valence-corrected chi connectivity index (χ0v) is 13.8. The van der Waals surface area contributed by atoms with Crippen LogP contribution in [0.25, 0.3) is 0 Å². The van der Waals surface area contributed by atoms with Gasteiger partial charge in [0.2, 0.25) is 0 Å². The Hall–Kier alpha value is -1.66. The molecule has 0 saturated heterocycles. The molecule has 0 radical (unpaired) electrons. The normalized spacial score (nSPS) is 10.3. The third-order valence-electron chi connectivity index (χ3n) is 2.85. The number of thiocarbonyl (C=S) groups is 1. The van der Waals surface area contributed by atoms with Gasteiger partial charge in [0.25, 0.3) is 0 Å². The van der Waals surface area contributed by atoms with Crippen molar-refractivity contribution in [3.63, 3.8) is 0 Å². The molecule has 3 nitrogen and oxygen atoms in total. The van der Waals surface area contributed by atoms with E-state index in [9.17, 15) is 4.39 Å². The molecule has 0 spiro atoms. The molecule has 0 saturated carbocycles. The Labute approximate surface area is 136 Å². The Bertz CT molecular complexity index is 706. The van der Waals surface area contributed by atoms with Crippen molar-refractivity contribution in [3.8, 4) is 17.2 Å². The summed E-state index contributed by atoms with van der Waals surface area (Å²) in [6, 6.07) is 8.47. The summed E-state index contributed by atoms with van der Waals surface area (Å²) in [4.78, 5) is 0.111. The van der Waals surface area contributed by atoms with Crippen molar-refractivity contribution in [2.75, 3.05) is 7.11 Å². The van der Waals surface area contributed by atoms with E-state index in [1.165, 1.54) is 13.2 Å². The monoisotopic (exact) mass is 369 g/mol. The Kier molecular flexibility index (Phi) is 4.80. The van der Waals surface area contributed by atoms with Crippen LogP contribution in [0.5, 0.6) is 17.2 Å². The van der Waals surface area contributed by atoms with Crippen LogP contribution in [0.4, 0.5) is 4.39 Å². The van der Waals surface area contributed by atoms with E-state index in [2.05, 4.69) is 15.9 Å². The zero-order chi connectivity index (χ0) is 15.6. The summed E-state index contributed by atoms with van der Waals surface area (Å²) in [6.45, 7) is 1.93. The van der Waals surface area contributed by atoms with Gasteiger partial charge in [0.05, 0.1) is 11.6 Å². The highest BCUT2D eigenvalue weighted by molar-refractivity contribution is 9.10. The van der Waals surface area contributed by atoms with Crippen LogP contribution in [-0.4, -0.2) is 12.1 Å². The van der Waals surface area contributed by atoms with Crippen molar-refractivity contribution in [3.05, 3.63) is 51.7 Å². The van der Waals surface area contributed by atoms with E-state index in [4.69, 9.17) is 27.4 Å². The Morgan fingerprint density at radius 3 is 2.48 bits per heavy atom. The first-order valence-corrected chi connectivity index (χ1v) is 7.24. The molecule has 0 amide bonds. The maximum Gasteiger partial charge on any atom is 0.180 e. The lowest BCUT2D eigenvalue weighted by atomic mass is 10.2. The highest BCUT2D eigenvalue weighted by atomic mass is 79.9. The molecule has 6 heteroatoms. The van der Waals surface area contributed by atoms with E-state index in [0.717, 1.165) is 5.56 Å². The maximum atomic E-state index is 14.3. The minimum atomic E-state index is -0.567. The van der Waals surface area contributed by atoms with Gasteiger partial charge < -0.3 is 15.2 Å². The third-order valence-corrected chi connectivity index (χ3v) is 3.85. The molecule has 2 N–H and O–H groups in total. The van der Waals surface area contributed by atoms with Gasteiger partial charge in [0.1, 0.15) is 4.99 Å². The van der Waals surface area contributed by atoms with Crippen molar-refractivity contribution in [1.82, 2.24) is 0 Å². The number of hydrogen-bond acceptors (Lipinski definition) is 3. The molecule has 2 rings (SSSR count). The average Bonchev–Trinajstić information content (AvgIpc) is 2.45. The quantitative estimate of drug-likeness (QED) is 0.814. The van der Waals surface area contributed by atoms with Crippen LogP contribution in [0, 0.1) is 12.7 Å². The predicted octanol–water partition coefficient (Wildman–Crippen LogP) is 4.33. The molecule has 2 aromatic carbocycles. The van der Waals surface area contributed by atoms with Crippen LogP contribution in [0.3, 0.4) is 0 Å². The number of rotatable bonds is 4. The molecule has 0 bridgehead atoms. The Balaban J connectivity index is 2.41. The minimum absolute atomic E-state index is 0.0593. The summed E-state index contributed by atoms with van der Waals surface area (Å²) in [5.41, 5.74) is 6.96. The van der Waals surface area contributed by atoms with Gasteiger partial charge in [-0.15, -0.1) is 0 Å². The molecule has 110 valence electrons. The van der Waals surface area contributed by atoms with Crippen LogP contribution >= 0.6 is 28.1 Å². The molecular formula is C15H13BrFNO2S. The number of aryl methyl sites for hydroxylation is 1. The van der Waals surface area contributed by atoms with E-state index >= 15 is 0 Å². The first-order chi connectivity index (χ1) is 9.93. The lowest BCUT2D eigenvalue weighted by Crippen LogP contribution is -2.11. The first-order valence-electron chi connectivity index (χ1n) is 6.04. The van der Waals surface area contributed by atoms with Gasteiger partial charge in [-0.3, -0.25) is 0 Å². The van der Waals surface area contributed by atoms with Gasteiger partial charge in [-0.25, -0.2) is 4.39 Å². The van der Waals surface area contributed by atoms with Gasteiger partial charge in [-0.2, -0.15) is 0 Å². The van der Waals surface area contributed by atoms with Crippen molar-refractivity contribution >= 4 is 33.1 Å². The molecule has 21 heavy (non-hydrogen) atoms. The first kappa shape index (κ1) is 15.7. The summed E-state index contributed by atoms with van der Waals surface area (Å²) < 4.78 is 25.3. The smallest absolute Gasteiger partial charge is 0.180 e. The summed E-state index contributed by atoms with van der Waals surface area (Å²) in [7, 11) is 1.53. The second kappa shape index (κ2) is 6.41. The zero-order valence-electron chi connectivity index (χ0n) is 11.4. The van der Waals surface area contributed by atoms with E-state index in [0.29, 0.717) is 17.1 Å². The van der Waals surface area contributed by atoms with Gasteiger partial charge in [-0.05, 0) is 52.7 Å². The third kappa shape index (κ3) is 3.33. The predicted molar refractivity (Wildman–Crippen MR) is 87.8 cm³/mol. The highest BCUT2D eigenvalue weighted by Crippen LogP contribution is 2.36. The van der Waals surface area contributed by atoms with Gasteiger partial charge in [0.15, 0.2) is 23.1 Å². The number of hydrogen-bond donors (Lipinski definition) is 1. The highest BCUT2D eigenvalue weighted by Gasteiger charge is 2.16. The van der Waals surface area contributed by atoms with Gasteiger partial charge in [-0.1, -0.05) is 18.3 Å². The molecule has 0 aliphatic carbocycles. The largest absolute Gasteiger partial charge is 0.493 e. The Morgan fingerprint density at radius 2 is 1.86 bits per heavy atom. The van der Waals surface area contributed by atoms with Crippen molar-refractivity contribution in [2.45, 2.75) is 6.92 Å². The van der Waals surface area contributed by atoms with E-state index in [1.807, 2.05) is 19.1 Å². The summed E-state index contributed by atoms with van der Waals surface area (Å²) in [6.07, 6.45) is 0. The summed E-state index contributed by atoms with van der Waals surface area (Å²) in [5, 5.41) is 0. The van der Waals surface area contributed by atoms with Crippen LogP contribution in [0.1, 0.15) is 11.1 Å².